The first-order valence-corrected chi connectivity index (χ1v) is 6.10. The average Bonchev–Trinajstić information content (AvgIpc) is 2.36. The molecule has 1 heterocycles. The van der Waals surface area contributed by atoms with Gasteiger partial charge in [0, 0.05) is 23.3 Å². The van der Waals surface area contributed by atoms with E-state index < -0.39 is 0 Å². The van der Waals surface area contributed by atoms with E-state index in [2.05, 4.69) is 4.98 Å². The summed E-state index contributed by atoms with van der Waals surface area (Å²) in [4.78, 5) is 4.21. The number of aryl methyl sites for hydroxylation is 1. The Hall–Kier alpha value is -1.58. The van der Waals surface area contributed by atoms with Crippen molar-refractivity contribution in [2.24, 2.45) is 5.73 Å². The number of pyridine rings is 1. The van der Waals surface area contributed by atoms with E-state index in [0.29, 0.717) is 24.1 Å². The lowest BCUT2D eigenvalue weighted by molar-refractivity contribution is 0.290. The Labute approximate surface area is 112 Å². The van der Waals surface area contributed by atoms with Crippen molar-refractivity contribution in [1.29, 1.82) is 0 Å². The van der Waals surface area contributed by atoms with Crippen LogP contribution >= 0.6 is 11.6 Å². The molecular weight excluding hydrogens is 248 g/mol. The molecule has 1 aromatic carbocycles. The smallest absolute Gasteiger partial charge is 0.218 e. The lowest BCUT2D eigenvalue weighted by Gasteiger charge is -2.11. The van der Waals surface area contributed by atoms with Crippen LogP contribution in [0.1, 0.15) is 16.7 Å². The molecule has 0 radical (unpaired) electrons. The molecule has 2 rings (SSSR count). The Morgan fingerprint density at radius 2 is 2.17 bits per heavy atom. The highest BCUT2D eigenvalue weighted by Crippen LogP contribution is 2.20. The second-order valence-corrected chi connectivity index (χ2v) is 4.47. The molecule has 0 unspecified atom stereocenters. The Bertz CT molecular complexity index is 543. The van der Waals surface area contributed by atoms with E-state index in [1.165, 1.54) is 0 Å². The molecule has 0 aliphatic heterocycles. The Kier molecular flexibility index (Phi) is 4.18. The van der Waals surface area contributed by atoms with E-state index in [4.69, 9.17) is 22.1 Å². The maximum Gasteiger partial charge on any atom is 0.218 e. The van der Waals surface area contributed by atoms with Gasteiger partial charge >= 0.3 is 0 Å². The van der Waals surface area contributed by atoms with Crippen LogP contribution in [0.3, 0.4) is 0 Å². The number of hydrogen-bond donors (Lipinski definition) is 1. The summed E-state index contributed by atoms with van der Waals surface area (Å²) < 4.78 is 5.70. The lowest BCUT2D eigenvalue weighted by Crippen LogP contribution is -2.06. The number of halogens is 1. The Balaban J connectivity index is 2.13. The van der Waals surface area contributed by atoms with E-state index in [9.17, 15) is 0 Å². The first-order chi connectivity index (χ1) is 8.70. The third-order valence-electron chi connectivity index (χ3n) is 2.72. The fourth-order valence-corrected chi connectivity index (χ4v) is 1.93. The number of rotatable bonds is 4. The Morgan fingerprint density at radius 1 is 1.33 bits per heavy atom. The molecule has 0 spiro atoms. The summed E-state index contributed by atoms with van der Waals surface area (Å²) in [5.41, 5.74) is 8.75. The summed E-state index contributed by atoms with van der Waals surface area (Å²) in [6, 6.07) is 9.49. The van der Waals surface area contributed by atoms with Crippen molar-refractivity contribution < 1.29 is 4.74 Å². The van der Waals surface area contributed by atoms with Crippen molar-refractivity contribution in [3.05, 3.63) is 58.2 Å². The summed E-state index contributed by atoms with van der Waals surface area (Å²) in [6.45, 7) is 2.85. The average molecular weight is 263 g/mol. The van der Waals surface area contributed by atoms with Crippen molar-refractivity contribution in [2.75, 3.05) is 0 Å². The third kappa shape index (κ3) is 3.00. The Morgan fingerprint density at radius 3 is 2.89 bits per heavy atom. The fourth-order valence-electron chi connectivity index (χ4n) is 1.72. The summed E-state index contributed by atoms with van der Waals surface area (Å²) in [5, 5.41) is 0.701. The van der Waals surface area contributed by atoms with Gasteiger partial charge in [0.25, 0.3) is 0 Å². The minimum absolute atomic E-state index is 0.421. The zero-order chi connectivity index (χ0) is 13.0. The molecule has 2 N–H and O–H groups in total. The van der Waals surface area contributed by atoms with E-state index >= 15 is 0 Å². The van der Waals surface area contributed by atoms with Crippen molar-refractivity contribution in [3.63, 3.8) is 0 Å². The summed E-state index contributed by atoms with van der Waals surface area (Å²) >= 11 is 5.92. The molecule has 0 bridgehead atoms. The van der Waals surface area contributed by atoms with Gasteiger partial charge in [0.15, 0.2) is 0 Å². The van der Waals surface area contributed by atoms with E-state index in [0.717, 1.165) is 16.7 Å². The van der Waals surface area contributed by atoms with Crippen LogP contribution in [0.5, 0.6) is 5.88 Å². The second kappa shape index (κ2) is 5.85. The van der Waals surface area contributed by atoms with Crippen molar-refractivity contribution >= 4 is 11.6 Å². The minimum Gasteiger partial charge on any atom is -0.473 e. The van der Waals surface area contributed by atoms with Crippen LogP contribution in [0.2, 0.25) is 5.02 Å². The maximum atomic E-state index is 5.92. The molecule has 0 atom stereocenters. The van der Waals surface area contributed by atoms with Crippen molar-refractivity contribution in [2.45, 2.75) is 20.1 Å². The maximum absolute atomic E-state index is 5.92. The molecule has 0 aliphatic rings. The van der Waals surface area contributed by atoms with Gasteiger partial charge in [-0.1, -0.05) is 23.7 Å². The highest BCUT2D eigenvalue weighted by molar-refractivity contribution is 6.30. The van der Waals surface area contributed by atoms with Crippen molar-refractivity contribution in [3.8, 4) is 5.88 Å². The van der Waals surface area contributed by atoms with Gasteiger partial charge in [0.1, 0.15) is 6.61 Å². The largest absolute Gasteiger partial charge is 0.473 e. The summed E-state index contributed by atoms with van der Waals surface area (Å²) in [5.74, 6) is 0.595. The van der Waals surface area contributed by atoms with Crippen LogP contribution in [0, 0.1) is 6.92 Å². The molecule has 94 valence electrons. The summed E-state index contributed by atoms with van der Waals surface area (Å²) in [7, 11) is 0. The molecule has 0 fully saturated rings. The minimum atomic E-state index is 0.421. The number of hydrogen-bond acceptors (Lipinski definition) is 3. The highest BCUT2D eigenvalue weighted by atomic mass is 35.5. The first-order valence-electron chi connectivity index (χ1n) is 5.72. The number of nitrogens with two attached hydrogens (primary N) is 1. The van der Waals surface area contributed by atoms with Gasteiger partial charge in [0.05, 0.1) is 0 Å². The topological polar surface area (TPSA) is 48.1 Å². The molecule has 4 heteroatoms. The van der Waals surface area contributed by atoms with Crippen LogP contribution in [0.25, 0.3) is 0 Å². The van der Waals surface area contributed by atoms with Gasteiger partial charge in [-0.05, 0) is 36.2 Å². The van der Waals surface area contributed by atoms with Gasteiger partial charge < -0.3 is 10.5 Å². The summed E-state index contributed by atoms with van der Waals surface area (Å²) in [6.07, 6.45) is 1.72. The van der Waals surface area contributed by atoms with Gasteiger partial charge in [-0.25, -0.2) is 4.98 Å². The molecule has 2 aromatic rings. The molecule has 0 aliphatic carbocycles. The number of ether oxygens (including phenoxy) is 1. The van der Waals surface area contributed by atoms with Gasteiger partial charge in [0.2, 0.25) is 5.88 Å². The van der Waals surface area contributed by atoms with Gasteiger partial charge in [-0.3, -0.25) is 0 Å². The van der Waals surface area contributed by atoms with Crippen LogP contribution in [0.4, 0.5) is 0 Å². The SMILES string of the molecule is Cc1ccnc(OCc2cccc(Cl)c2)c1CN. The molecule has 0 amide bonds. The predicted molar refractivity (Wildman–Crippen MR) is 72.6 cm³/mol. The van der Waals surface area contributed by atoms with Crippen LogP contribution in [-0.4, -0.2) is 4.98 Å². The molecule has 0 saturated heterocycles. The normalized spacial score (nSPS) is 10.4. The van der Waals surface area contributed by atoms with Crippen LogP contribution in [0.15, 0.2) is 36.5 Å². The monoisotopic (exact) mass is 262 g/mol. The zero-order valence-corrected chi connectivity index (χ0v) is 10.9. The number of aromatic nitrogens is 1. The predicted octanol–water partition coefficient (Wildman–Crippen LogP) is 3.08. The number of benzene rings is 1. The molecule has 0 saturated carbocycles. The van der Waals surface area contributed by atoms with E-state index in [1.54, 1.807) is 6.20 Å². The van der Waals surface area contributed by atoms with Crippen LogP contribution in [-0.2, 0) is 13.2 Å². The van der Waals surface area contributed by atoms with E-state index in [-0.39, 0.29) is 0 Å². The highest BCUT2D eigenvalue weighted by Gasteiger charge is 2.07. The van der Waals surface area contributed by atoms with Gasteiger partial charge in [-0.2, -0.15) is 0 Å². The molecule has 1 aromatic heterocycles. The standard InChI is InChI=1S/C14H15ClN2O/c1-10-5-6-17-14(13(10)8-16)18-9-11-3-2-4-12(15)7-11/h2-7H,8-9,16H2,1H3. The van der Waals surface area contributed by atoms with Crippen LogP contribution < -0.4 is 10.5 Å². The molecule has 18 heavy (non-hydrogen) atoms. The van der Waals surface area contributed by atoms with E-state index in [1.807, 2.05) is 37.3 Å². The molecular formula is C14H15ClN2O. The number of nitrogens with zero attached hydrogens (tertiary/aromatic N) is 1. The lowest BCUT2D eigenvalue weighted by atomic mass is 10.1. The molecule has 3 nitrogen and oxygen atoms in total. The zero-order valence-electron chi connectivity index (χ0n) is 10.2. The van der Waals surface area contributed by atoms with Gasteiger partial charge in [-0.15, -0.1) is 0 Å². The quantitative estimate of drug-likeness (QED) is 0.921. The fraction of sp³-hybridized carbons (Fsp3) is 0.214. The first kappa shape index (κ1) is 12.9. The van der Waals surface area contributed by atoms with Crippen molar-refractivity contribution in [1.82, 2.24) is 4.98 Å². The second-order valence-electron chi connectivity index (χ2n) is 4.03. The third-order valence-corrected chi connectivity index (χ3v) is 2.95.